The molecule has 2 N–H and O–H groups in total. The van der Waals surface area contributed by atoms with E-state index in [1.54, 1.807) is 0 Å². The molecule has 0 aliphatic carbocycles. The Hall–Kier alpha value is -1.36. The van der Waals surface area contributed by atoms with Crippen LogP contribution in [0.15, 0.2) is 0 Å². The molecule has 0 bridgehead atoms. The van der Waals surface area contributed by atoms with Crippen LogP contribution in [-0.4, -0.2) is 37.0 Å². The first-order chi connectivity index (χ1) is 6.77. The first-order valence-electron chi connectivity index (χ1n) is 3.75. The first kappa shape index (κ1) is 13.6. The second-order valence-corrected chi connectivity index (χ2v) is 2.93. The standard InChI is InChI=1S/C5H7FN2.C2HF3O2/c6-1-5(2-7)3-8-4-5;3-2(4,5)1(6)7/h8H,1,3-4H2;(H,6,7). The number of carboxylic acids is 1. The van der Waals surface area contributed by atoms with E-state index in [9.17, 15) is 17.6 Å². The number of nitriles is 1. The summed E-state index contributed by atoms with van der Waals surface area (Å²) in [6.07, 6.45) is -5.08. The Kier molecular flexibility index (Phi) is 4.48. The fraction of sp³-hybridized carbons (Fsp3) is 0.714. The number of rotatable bonds is 1. The van der Waals surface area contributed by atoms with Crippen LogP contribution in [0.5, 0.6) is 0 Å². The SMILES string of the molecule is N#CC1(CF)CNC1.O=C(O)C(F)(F)F. The van der Waals surface area contributed by atoms with Gasteiger partial charge in [0, 0.05) is 13.1 Å². The second-order valence-electron chi connectivity index (χ2n) is 2.93. The largest absolute Gasteiger partial charge is 0.490 e. The molecule has 1 rings (SSSR count). The van der Waals surface area contributed by atoms with Gasteiger partial charge in [0.25, 0.3) is 0 Å². The highest BCUT2D eigenvalue weighted by Crippen LogP contribution is 2.20. The molecule has 1 heterocycles. The van der Waals surface area contributed by atoms with Crippen molar-refractivity contribution in [2.24, 2.45) is 5.41 Å². The average molecular weight is 228 g/mol. The maximum Gasteiger partial charge on any atom is 0.490 e. The van der Waals surface area contributed by atoms with Gasteiger partial charge < -0.3 is 10.4 Å². The number of hydrogen-bond acceptors (Lipinski definition) is 3. The Morgan fingerprint density at radius 1 is 1.53 bits per heavy atom. The molecule has 4 nitrogen and oxygen atoms in total. The third kappa shape index (κ3) is 4.12. The van der Waals surface area contributed by atoms with Crippen LogP contribution in [0.25, 0.3) is 0 Å². The van der Waals surface area contributed by atoms with Crippen molar-refractivity contribution in [3.63, 3.8) is 0 Å². The highest BCUT2D eigenvalue weighted by Gasteiger charge is 2.38. The van der Waals surface area contributed by atoms with Crippen molar-refractivity contribution in [1.29, 1.82) is 5.26 Å². The maximum atomic E-state index is 11.8. The van der Waals surface area contributed by atoms with Gasteiger partial charge in [-0.25, -0.2) is 9.18 Å². The zero-order valence-electron chi connectivity index (χ0n) is 7.44. The minimum atomic E-state index is -5.08. The van der Waals surface area contributed by atoms with Crippen molar-refractivity contribution >= 4 is 5.97 Å². The average Bonchev–Trinajstić information content (AvgIpc) is 2.03. The van der Waals surface area contributed by atoms with Gasteiger partial charge in [0.2, 0.25) is 0 Å². The molecule has 0 aromatic carbocycles. The number of alkyl halides is 4. The monoisotopic (exact) mass is 228 g/mol. The summed E-state index contributed by atoms with van der Waals surface area (Å²) >= 11 is 0. The van der Waals surface area contributed by atoms with Gasteiger partial charge in [-0.2, -0.15) is 18.4 Å². The molecule has 0 aromatic heterocycles. The summed E-state index contributed by atoms with van der Waals surface area (Å²) in [5.74, 6) is -2.76. The van der Waals surface area contributed by atoms with E-state index in [4.69, 9.17) is 15.2 Å². The second kappa shape index (κ2) is 4.93. The van der Waals surface area contributed by atoms with Crippen molar-refractivity contribution in [2.45, 2.75) is 6.18 Å². The lowest BCUT2D eigenvalue weighted by Crippen LogP contribution is -2.53. The van der Waals surface area contributed by atoms with E-state index in [1.165, 1.54) is 0 Å². The molecular formula is C7H8F4N2O2. The zero-order valence-corrected chi connectivity index (χ0v) is 7.44. The number of nitrogens with one attached hydrogen (secondary N) is 1. The van der Waals surface area contributed by atoms with Crippen LogP contribution in [0.2, 0.25) is 0 Å². The third-order valence-corrected chi connectivity index (χ3v) is 1.66. The van der Waals surface area contributed by atoms with Crippen molar-refractivity contribution < 1.29 is 27.5 Å². The lowest BCUT2D eigenvalue weighted by Gasteiger charge is -2.33. The molecule has 0 spiro atoms. The summed E-state index contributed by atoms with van der Waals surface area (Å²) in [5, 5.41) is 18.3. The van der Waals surface area contributed by atoms with Gasteiger partial charge in [-0.05, 0) is 0 Å². The fourth-order valence-corrected chi connectivity index (χ4v) is 0.630. The molecule has 0 aromatic rings. The maximum absolute atomic E-state index is 11.8. The minimum absolute atomic E-state index is 0.514. The van der Waals surface area contributed by atoms with Crippen LogP contribution >= 0.6 is 0 Å². The summed E-state index contributed by atoms with van der Waals surface area (Å²) in [6, 6.07) is 1.93. The highest BCUT2D eigenvalue weighted by atomic mass is 19.4. The Labute approximate surface area is 82.5 Å². The van der Waals surface area contributed by atoms with Crippen LogP contribution in [0.4, 0.5) is 17.6 Å². The van der Waals surface area contributed by atoms with E-state index in [1.807, 2.05) is 6.07 Å². The summed E-state index contributed by atoms with van der Waals surface area (Å²) in [5.41, 5.74) is -0.667. The summed E-state index contributed by atoms with van der Waals surface area (Å²) in [7, 11) is 0. The topological polar surface area (TPSA) is 73.1 Å². The molecule has 1 aliphatic heterocycles. The van der Waals surface area contributed by atoms with E-state index in [0.29, 0.717) is 13.1 Å². The van der Waals surface area contributed by atoms with Crippen molar-refractivity contribution in [1.82, 2.24) is 5.32 Å². The Bertz CT molecular complexity index is 262. The molecule has 8 heteroatoms. The summed E-state index contributed by atoms with van der Waals surface area (Å²) in [4.78, 5) is 8.90. The molecule has 0 amide bonds. The lowest BCUT2D eigenvalue weighted by atomic mass is 9.85. The van der Waals surface area contributed by atoms with Gasteiger partial charge in [-0.1, -0.05) is 0 Å². The quantitative estimate of drug-likeness (QED) is 0.648. The highest BCUT2D eigenvalue weighted by molar-refractivity contribution is 5.73. The molecule has 0 atom stereocenters. The first-order valence-corrected chi connectivity index (χ1v) is 3.75. The normalized spacial score (nSPS) is 17.8. The predicted octanol–water partition coefficient (Wildman–Crippen LogP) is 0.702. The predicted molar refractivity (Wildman–Crippen MR) is 40.6 cm³/mol. The van der Waals surface area contributed by atoms with Gasteiger partial charge in [-0.3, -0.25) is 0 Å². The van der Waals surface area contributed by atoms with E-state index in [2.05, 4.69) is 5.32 Å². The Morgan fingerprint density at radius 2 is 1.93 bits per heavy atom. The van der Waals surface area contributed by atoms with E-state index < -0.39 is 24.2 Å². The van der Waals surface area contributed by atoms with Gasteiger partial charge in [0.1, 0.15) is 12.1 Å². The summed E-state index contributed by atoms with van der Waals surface area (Å²) < 4.78 is 43.6. The molecule has 0 saturated carbocycles. The minimum Gasteiger partial charge on any atom is -0.475 e. The Morgan fingerprint density at radius 3 is 1.93 bits per heavy atom. The number of aliphatic carboxylic acids is 1. The number of carbonyl (C=O) groups is 1. The summed E-state index contributed by atoms with van der Waals surface area (Å²) in [6.45, 7) is 0.510. The number of nitrogens with zero attached hydrogens (tertiary/aromatic N) is 1. The van der Waals surface area contributed by atoms with Crippen LogP contribution < -0.4 is 5.32 Å². The van der Waals surface area contributed by atoms with Gasteiger partial charge in [-0.15, -0.1) is 0 Å². The number of halogens is 4. The van der Waals surface area contributed by atoms with E-state index >= 15 is 0 Å². The lowest BCUT2D eigenvalue weighted by molar-refractivity contribution is -0.192. The number of hydrogen-bond donors (Lipinski definition) is 2. The molecule has 15 heavy (non-hydrogen) atoms. The molecule has 86 valence electrons. The third-order valence-electron chi connectivity index (χ3n) is 1.66. The van der Waals surface area contributed by atoms with Gasteiger partial charge in [0.15, 0.2) is 0 Å². The molecule has 0 radical (unpaired) electrons. The zero-order chi connectivity index (χ0) is 12.1. The van der Waals surface area contributed by atoms with Crippen molar-refractivity contribution in [3.8, 4) is 6.07 Å². The molecule has 1 saturated heterocycles. The smallest absolute Gasteiger partial charge is 0.475 e. The molecule has 1 aliphatic rings. The van der Waals surface area contributed by atoms with Gasteiger partial charge >= 0.3 is 12.1 Å². The van der Waals surface area contributed by atoms with Crippen LogP contribution in [0.3, 0.4) is 0 Å². The molecule has 0 unspecified atom stereocenters. The fourth-order valence-electron chi connectivity index (χ4n) is 0.630. The van der Waals surface area contributed by atoms with E-state index in [0.717, 1.165) is 0 Å². The molecular weight excluding hydrogens is 220 g/mol. The van der Waals surface area contributed by atoms with Crippen molar-refractivity contribution in [2.75, 3.05) is 19.8 Å². The van der Waals surface area contributed by atoms with Crippen LogP contribution in [0, 0.1) is 16.7 Å². The Balaban J connectivity index is 0.000000265. The van der Waals surface area contributed by atoms with Crippen LogP contribution in [0.1, 0.15) is 0 Å². The van der Waals surface area contributed by atoms with Crippen molar-refractivity contribution in [3.05, 3.63) is 0 Å². The number of carboxylic acid groups (broad SMARTS) is 1. The van der Waals surface area contributed by atoms with Crippen LogP contribution in [-0.2, 0) is 4.79 Å². The van der Waals surface area contributed by atoms with E-state index in [-0.39, 0.29) is 0 Å². The van der Waals surface area contributed by atoms with Gasteiger partial charge in [0.05, 0.1) is 6.07 Å². The molecule has 1 fully saturated rings.